The first-order valence-electron chi connectivity index (χ1n) is 20.8. The number of fused-ring (bicyclic) bond motifs is 9. The lowest BCUT2D eigenvalue weighted by molar-refractivity contribution is -0.183. The number of benzene rings is 2. The number of esters is 2. The summed E-state index contributed by atoms with van der Waals surface area (Å²) in [4.78, 5) is 45.4. The molecule has 0 radical (unpaired) electrons. The largest absolute Gasteiger partial charge is 0.457 e. The van der Waals surface area contributed by atoms with E-state index >= 15 is 9.59 Å². The number of aliphatic imine (C=N–C) groups is 2. The molecule has 4 aliphatic carbocycles. The summed E-state index contributed by atoms with van der Waals surface area (Å²) in [5.41, 5.74) is 1.09. The number of carbonyl (C=O) groups is 2. The van der Waals surface area contributed by atoms with Gasteiger partial charge in [0.2, 0.25) is 0 Å². The molecular weight excluding hydrogens is 929 g/mol. The monoisotopic (exact) mass is 964 g/mol. The minimum absolute atomic E-state index is 0.0751. The van der Waals surface area contributed by atoms with Gasteiger partial charge in [0, 0.05) is 47.8 Å². The number of nitrogens with zero attached hydrogens (tertiary/aromatic N) is 2. The van der Waals surface area contributed by atoms with E-state index in [0.717, 1.165) is 122 Å². The molecule has 5 aliphatic rings. The van der Waals surface area contributed by atoms with Gasteiger partial charge in [-0.3, -0.25) is 0 Å². The highest BCUT2D eigenvalue weighted by atomic mass is 32.1. The minimum Gasteiger partial charge on any atom is -0.457 e. The van der Waals surface area contributed by atoms with Crippen LogP contribution in [-0.4, -0.2) is 42.8 Å². The number of thiophene rings is 4. The Bertz CT molecular complexity index is 2850. The van der Waals surface area contributed by atoms with Crippen molar-refractivity contribution in [2.45, 2.75) is 70.2 Å². The van der Waals surface area contributed by atoms with Crippen LogP contribution in [0.25, 0.3) is 28.6 Å². The van der Waals surface area contributed by atoms with Gasteiger partial charge in [0.15, 0.2) is 5.75 Å². The Kier molecular flexibility index (Phi) is 10.8. The third kappa shape index (κ3) is 6.76. The van der Waals surface area contributed by atoms with Crippen molar-refractivity contribution >= 4 is 166 Å². The Balaban J connectivity index is 1.06. The molecule has 0 amide bonds. The van der Waals surface area contributed by atoms with E-state index in [1.807, 2.05) is 72.8 Å². The first-order chi connectivity index (χ1) is 30.2. The summed E-state index contributed by atoms with van der Waals surface area (Å²) in [6, 6.07) is 22.8. The molecule has 4 atom stereocenters. The summed E-state index contributed by atoms with van der Waals surface area (Å²) in [5, 5.41) is 1.44. The summed E-state index contributed by atoms with van der Waals surface area (Å²) in [6.07, 6.45) is 8.74. The highest BCUT2D eigenvalue weighted by Crippen LogP contribution is 2.62. The molecule has 11 rings (SSSR count). The SMILES string of the molecule is O=C(OCc1ccccc1)C1(C(=O)OCc2ccccc2)Oc2c(sc3cc(N=C4C(=S)C5CCCCC5C4=S)sc23)-c2sc3cc(N=C4C(=S)C5CCCCC5C4=S)sc3c21. The lowest BCUT2D eigenvalue weighted by Crippen LogP contribution is -2.52. The maximum Gasteiger partial charge on any atom is 0.367 e. The molecule has 1 aliphatic heterocycles. The molecule has 7 nitrogen and oxygen atoms in total. The van der Waals surface area contributed by atoms with Gasteiger partial charge in [-0.25, -0.2) is 19.6 Å². The van der Waals surface area contributed by atoms with Crippen LogP contribution < -0.4 is 4.74 Å². The van der Waals surface area contributed by atoms with E-state index in [1.54, 1.807) is 11.3 Å². The third-order valence-electron chi connectivity index (χ3n) is 12.7. The molecule has 4 unspecified atom stereocenters. The van der Waals surface area contributed by atoms with Crippen LogP contribution in [0.1, 0.15) is 68.1 Å². The number of carbonyl (C=O) groups excluding carboxylic acids is 2. The van der Waals surface area contributed by atoms with E-state index in [2.05, 4.69) is 0 Å². The highest BCUT2D eigenvalue weighted by molar-refractivity contribution is 7.86. The Hall–Kier alpha value is -3.80. The van der Waals surface area contributed by atoms with Gasteiger partial charge in [-0.2, -0.15) is 0 Å². The lowest BCUT2D eigenvalue weighted by Gasteiger charge is -2.33. The summed E-state index contributed by atoms with van der Waals surface area (Å²) < 4.78 is 22.5. The van der Waals surface area contributed by atoms with Crippen LogP contribution in [0.4, 0.5) is 10.0 Å². The van der Waals surface area contributed by atoms with Gasteiger partial charge in [0.1, 0.15) is 23.2 Å². The van der Waals surface area contributed by atoms with E-state index in [4.69, 9.17) is 73.1 Å². The minimum atomic E-state index is -2.32. The average Bonchev–Trinajstić information content (AvgIpc) is 4.13. The van der Waals surface area contributed by atoms with Gasteiger partial charge in [-0.15, -0.1) is 45.3 Å². The fourth-order valence-corrected chi connectivity index (χ4v) is 16.7. The smallest absolute Gasteiger partial charge is 0.367 e. The summed E-state index contributed by atoms with van der Waals surface area (Å²) >= 11 is 29.8. The number of rotatable bonds is 8. The molecule has 15 heteroatoms. The predicted molar refractivity (Wildman–Crippen MR) is 269 cm³/mol. The Morgan fingerprint density at radius 3 is 1.48 bits per heavy atom. The zero-order chi connectivity index (χ0) is 42.3. The number of thiocarbonyl (C=S) groups is 4. The normalized spacial score (nSPS) is 22.6. The van der Waals surface area contributed by atoms with Crippen molar-refractivity contribution in [1.82, 2.24) is 0 Å². The molecule has 312 valence electrons. The van der Waals surface area contributed by atoms with E-state index in [9.17, 15) is 0 Å². The fraction of sp³-hybridized carbons (Fsp3) is 0.319. The van der Waals surface area contributed by atoms with Crippen LogP contribution in [0, 0.1) is 23.7 Å². The summed E-state index contributed by atoms with van der Waals surface area (Å²) in [5.74, 6) is -0.240. The Labute approximate surface area is 395 Å². The van der Waals surface area contributed by atoms with Gasteiger partial charge >= 0.3 is 17.5 Å². The molecular formula is C47H36N2O5S8. The molecule has 0 spiro atoms. The van der Waals surface area contributed by atoms with Crippen LogP contribution in [0.2, 0.25) is 0 Å². The van der Waals surface area contributed by atoms with E-state index < -0.39 is 17.5 Å². The first kappa shape index (κ1) is 40.9. The molecule has 5 heterocycles. The zero-order valence-corrected chi connectivity index (χ0v) is 39.5. The van der Waals surface area contributed by atoms with E-state index in [0.29, 0.717) is 21.0 Å². The second kappa shape index (κ2) is 16.3. The second-order valence-electron chi connectivity index (χ2n) is 16.4. The molecule has 4 fully saturated rings. The zero-order valence-electron chi connectivity index (χ0n) is 33.0. The van der Waals surface area contributed by atoms with Crippen molar-refractivity contribution in [3.8, 4) is 15.5 Å². The summed E-state index contributed by atoms with van der Waals surface area (Å²) in [6.45, 7) is -0.150. The van der Waals surface area contributed by atoms with Crippen LogP contribution in [0.15, 0.2) is 82.8 Å². The topological polar surface area (TPSA) is 86.6 Å². The number of ether oxygens (including phenoxy) is 3. The lowest BCUT2D eigenvalue weighted by atomic mass is 9.82. The predicted octanol–water partition coefficient (Wildman–Crippen LogP) is 13.2. The third-order valence-corrected chi connectivity index (χ3v) is 19.5. The van der Waals surface area contributed by atoms with Gasteiger partial charge < -0.3 is 14.2 Å². The molecule has 0 bridgehead atoms. The first-order valence-corrected chi connectivity index (χ1v) is 25.7. The van der Waals surface area contributed by atoms with Crippen LogP contribution in [0.3, 0.4) is 0 Å². The van der Waals surface area contributed by atoms with Gasteiger partial charge in [0.25, 0.3) is 0 Å². The fourth-order valence-electron chi connectivity index (χ4n) is 9.69. The van der Waals surface area contributed by atoms with E-state index in [1.165, 1.54) is 34.0 Å². The van der Waals surface area contributed by atoms with Crippen LogP contribution in [0.5, 0.6) is 5.75 Å². The molecule has 62 heavy (non-hydrogen) atoms. The van der Waals surface area contributed by atoms with Crippen LogP contribution in [-0.2, 0) is 37.9 Å². The Morgan fingerprint density at radius 1 is 0.597 bits per heavy atom. The quantitative estimate of drug-likeness (QED) is 0.0841. The van der Waals surface area contributed by atoms with Crippen molar-refractivity contribution < 1.29 is 23.8 Å². The molecule has 2 aromatic carbocycles. The molecule has 0 N–H and O–H groups in total. The van der Waals surface area contributed by atoms with Gasteiger partial charge in [-0.05, 0) is 48.9 Å². The average molecular weight is 965 g/mol. The highest BCUT2D eigenvalue weighted by Gasteiger charge is 2.60. The molecule has 4 aromatic heterocycles. The molecule has 4 saturated carbocycles. The maximum atomic E-state index is 15.1. The maximum absolute atomic E-state index is 15.1. The molecule has 6 aromatic rings. The van der Waals surface area contributed by atoms with Crippen molar-refractivity contribution in [3.63, 3.8) is 0 Å². The second-order valence-corrected chi connectivity index (χ2v) is 22.3. The number of hydrogen-bond acceptors (Lipinski definition) is 15. The van der Waals surface area contributed by atoms with Gasteiger partial charge in [-0.1, -0.05) is 135 Å². The van der Waals surface area contributed by atoms with Crippen molar-refractivity contribution in [2.75, 3.05) is 0 Å². The summed E-state index contributed by atoms with van der Waals surface area (Å²) in [7, 11) is 0. The van der Waals surface area contributed by atoms with Crippen LogP contribution >= 0.6 is 94.2 Å². The van der Waals surface area contributed by atoms with Crippen molar-refractivity contribution in [3.05, 3.63) is 89.5 Å². The van der Waals surface area contributed by atoms with Gasteiger partial charge in [0.05, 0.1) is 40.8 Å². The molecule has 0 saturated heterocycles. The Morgan fingerprint density at radius 2 is 1.02 bits per heavy atom. The van der Waals surface area contributed by atoms with Crippen molar-refractivity contribution in [2.24, 2.45) is 33.7 Å². The van der Waals surface area contributed by atoms with Crippen molar-refractivity contribution in [1.29, 1.82) is 0 Å². The number of hydrogen-bond donors (Lipinski definition) is 0. The standard InChI is InChI=1S/C47H36N2O5S8/c50-45(52-21-23-11-3-1-4-12-23)47(46(51)53-22-24-13-5-2-6-14-24)33-41-29(19-31(61-41)48-34-37(55)25-15-7-8-16-26(25)38(34)56)59-43(33)44-36(54-47)42-30(60-44)20-32(62-42)49-35-39(57)27-17-9-10-18-28(27)40(35)58/h1-6,11-14,19-20,25-28H,7-10,15-18,21-22H2. The van der Waals surface area contributed by atoms with E-state index in [-0.39, 0.29) is 36.9 Å².